The smallest absolute Gasteiger partial charge is 0.118 e. The highest BCUT2D eigenvalue weighted by Crippen LogP contribution is 2.18. The highest BCUT2D eigenvalue weighted by Gasteiger charge is 2.07. The van der Waals surface area contributed by atoms with Crippen LogP contribution in [0, 0.1) is 0 Å². The largest absolute Gasteiger partial charge is 0.464 e. The minimum atomic E-state index is 0.243. The van der Waals surface area contributed by atoms with Gasteiger partial charge in [0.15, 0.2) is 0 Å². The lowest BCUT2D eigenvalue weighted by molar-refractivity contribution is 0.442. The lowest BCUT2D eigenvalue weighted by Gasteiger charge is -2.13. The number of nitrogens with one attached hydrogen (secondary N) is 1. The average molecular weight is 296 g/mol. The molecular formula is C15H18ClNOS. The standard InChI is InChI=1S/C15H18ClNOS/c1-11(12-4-3-5-13(16)8-12)17-9-14-6-7-15(18-14)10-19-2/h3-8,11,17H,9-10H2,1-2H3/t11-/m0/s1. The molecule has 2 nitrogen and oxygen atoms in total. The van der Waals surface area contributed by atoms with E-state index in [1.165, 1.54) is 5.56 Å². The fourth-order valence-corrected chi connectivity index (χ4v) is 2.52. The van der Waals surface area contributed by atoms with Crippen LogP contribution in [0.4, 0.5) is 0 Å². The van der Waals surface area contributed by atoms with Gasteiger partial charge in [-0.25, -0.2) is 0 Å². The van der Waals surface area contributed by atoms with E-state index in [0.29, 0.717) is 0 Å². The molecule has 0 aliphatic rings. The van der Waals surface area contributed by atoms with Gasteiger partial charge in [0.25, 0.3) is 0 Å². The molecule has 2 aromatic rings. The molecule has 0 aliphatic heterocycles. The molecule has 0 aliphatic carbocycles. The molecule has 0 unspecified atom stereocenters. The highest BCUT2D eigenvalue weighted by atomic mass is 35.5. The zero-order chi connectivity index (χ0) is 13.7. The first kappa shape index (κ1) is 14.5. The van der Waals surface area contributed by atoms with Crippen molar-refractivity contribution in [2.45, 2.75) is 25.3 Å². The number of hydrogen-bond donors (Lipinski definition) is 1. The number of benzene rings is 1. The van der Waals surface area contributed by atoms with Gasteiger partial charge in [0.05, 0.1) is 12.3 Å². The van der Waals surface area contributed by atoms with Crippen LogP contribution in [0.2, 0.25) is 5.02 Å². The summed E-state index contributed by atoms with van der Waals surface area (Å²) in [6.45, 7) is 2.85. The molecule has 0 fully saturated rings. The first-order valence-corrected chi connectivity index (χ1v) is 8.01. The Morgan fingerprint density at radius 1 is 1.26 bits per heavy atom. The molecule has 1 N–H and O–H groups in total. The SMILES string of the molecule is CSCc1ccc(CN[C@@H](C)c2cccc(Cl)c2)o1. The Kier molecular flexibility index (Phi) is 5.37. The van der Waals surface area contributed by atoms with Crippen LogP contribution >= 0.6 is 23.4 Å². The van der Waals surface area contributed by atoms with Crippen molar-refractivity contribution < 1.29 is 4.42 Å². The van der Waals surface area contributed by atoms with Crippen LogP contribution in [-0.4, -0.2) is 6.26 Å². The third-order valence-corrected chi connectivity index (χ3v) is 3.74. The summed E-state index contributed by atoms with van der Waals surface area (Å²) in [7, 11) is 0. The Bertz CT molecular complexity index is 526. The van der Waals surface area contributed by atoms with Gasteiger partial charge in [0, 0.05) is 11.1 Å². The van der Waals surface area contributed by atoms with E-state index in [0.717, 1.165) is 28.8 Å². The second-order valence-corrected chi connectivity index (χ2v) is 5.76. The minimum absolute atomic E-state index is 0.243. The van der Waals surface area contributed by atoms with Crippen molar-refractivity contribution in [1.82, 2.24) is 5.32 Å². The first-order chi connectivity index (χ1) is 9.19. The summed E-state index contributed by atoms with van der Waals surface area (Å²) in [6.07, 6.45) is 2.07. The molecule has 0 radical (unpaired) electrons. The predicted molar refractivity (Wildman–Crippen MR) is 82.6 cm³/mol. The number of halogens is 1. The average Bonchev–Trinajstić information content (AvgIpc) is 2.84. The molecule has 1 aromatic heterocycles. The van der Waals surface area contributed by atoms with Crippen molar-refractivity contribution in [2.75, 3.05) is 6.26 Å². The topological polar surface area (TPSA) is 25.2 Å². The van der Waals surface area contributed by atoms with Gasteiger partial charge < -0.3 is 9.73 Å². The normalized spacial score (nSPS) is 12.6. The number of furan rings is 1. The quantitative estimate of drug-likeness (QED) is 0.840. The van der Waals surface area contributed by atoms with E-state index >= 15 is 0 Å². The van der Waals surface area contributed by atoms with Crippen molar-refractivity contribution >= 4 is 23.4 Å². The Labute approximate surface area is 123 Å². The summed E-state index contributed by atoms with van der Waals surface area (Å²) in [6, 6.07) is 12.2. The molecule has 102 valence electrons. The predicted octanol–water partition coefficient (Wildman–Crippen LogP) is 4.65. The Morgan fingerprint density at radius 2 is 2.05 bits per heavy atom. The van der Waals surface area contributed by atoms with Gasteiger partial charge >= 0.3 is 0 Å². The summed E-state index contributed by atoms with van der Waals surface area (Å²) in [5.41, 5.74) is 1.18. The Hall–Kier alpha value is -0.900. The van der Waals surface area contributed by atoms with Gasteiger partial charge in [-0.05, 0) is 43.0 Å². The molecule has 19 heavy (non-hydrogen) atoms. The number of rotatable bonds is 6. The molecule has 1 atom stereocenters. The van der Waals surface area contributed by atoms with Crippen molar-refractivity contribution in [1.29, 1.82) is 0 Å². The second kappa shape index (κ2) is 7.04. The van der Waals surface area contributed by atoms with Gasteiger partial charge in [-0.1, -0.05) is 23.7 Å². The van der Waals surface area contributed by atoms with E-state index < -0.39 is 0 Å². The second-order valence-electron chi connectivity index (χ2n) is 4.46. The number of thioether (sulfide) groups is 1. The van der Waals surface area contributed by atoms with E-state index in [-0.39, 0.29) is 6.04 Å². The fraction of sp³-hybridized carbons (Fsp3) is 0.333. The van der Waals surface area contributed by atoms with Gasteiger partial charge in [-0.3, -0.25) is 0 Å². The zero-order valence-electron chi connectivity index (χ0n) is 11.2. The highest BCUT2D eigenvalue weighted by molar-refractivity contribution is 7.97. The third kappa shape index (κ3) is 4.30. The number of hydrogen-bond acceptors (Lipinski definition) is 3. The molecule has 0 amide bonds. The van der Waals surface area contributed by atoms with E-state index in [1.54, 1.807) is 11.8 Å². The summed E-state index contributed by atoms with van der Waals surface area (Å²) in [5, 5.41) is 4.21. The monoisotopic (exact) mass is 295 g/mol. The summed E-state index contributed by atoms with van der Waals surface area (Å²) in [4.78, 5) is 0. The molecule has 1 aromatic carbocycles. The molecule has 2 rings (SSSR count). The van der Waals surface area contributed by atoms with Crippen LogP contribution in [-0.2, 0) is 12.3 Å². The van der Waals surface area contributed by atoms with Gasteiger partial charge in [-0.15, -0.1) is 0 Å². The molecule has 0 bridgehead atoms. The lowest BCUT2D eigenvalue weighted by atomic mass is 10.1. The fourth-order valence-electron chi connectivity index (χ4n) is 1.88. The van der Waals surface area contributed by atoms with E-state index in [9.17, 15) is 0 Å². The maximum atomic E-state index is 6.00. The zero-order valence-corrected chi connectivity index (χ0v) is 12.7. The van der Waals surface area contributed by atoms with Crippen molar-refractivity contribution in [2.24, 2.45) is 0 Å². The van der Waals surface area contributed by atoms with Gasteiger partial charge in [-0.2, -0.15) is 11.8 Å². The van der Waals surface area contributed by atoms with Crippen LogP contribution in [0.3, 0.4) is 0 Å². The molecule has 1 heterocycles. The van der Waals surface area contributed by atoms with Crippen LogP contribution in [0.15, 0.2) is 40.8 Å². The molecular weight excluding hydrogens is 278 g/mol. The molecule has 0 spiro atoms. The van der Waals surface area contributed by atoms with Crippen LogP contribution in [0.25, 0.3) is 0 Å². The minimum Gasteiger partial charge on any atom is -0.464 e. The van der Waals surface area contributed by atoms with Crippen LogP contribution < -0.4 is 5.32 Å². The van der Waals surface area contributed by atoms with Gasteiger partial charge in [0.1, 0.15) is 11.5 Å². The summed E-state index contributed by atoms with van der Waals surface area (Å²) < 4.78 is 5.72. The van der Waals surface area contributed by atoms with Crippen LogP contribution in [0.1, 0.15) is 30.0 Å². The van der Waals surface area contributed by atoms with Crippen molar-refractivity contribution in [3.05, 3.63) is 58.5 Å². The third-order valence-electron chi connectivity index (χ3n) is 2.94. The lowest BCUT2D eigenvalue weighted by Crippen LogP contribution is -2.17. The van der Waals surface area contributed by atoms with E-state index in [4.69, 9.17) is 16.0 Å². The molecule has 0 saturated carbocycles. The maximum absolute atomic E-state index is 6.00. The summed E-state index contributed by atoms with van der Waals surface area (Å²) >= 11 is 7.76. The first-order valence-electron chi connectivity index (χ1n) is 6.24. The maximum Gasteiger partial charge on any atom is 0.118 e. The Balaban J connectivity index is 1.90. The van der Waals surface area contributed by atoms with Crippen molar-refractivity contribution in [3.8, 4) is 0 Å². The van der Waals surface area contributed by atoms with E-state index in [2.05, 4.69) is 24.6 Å². The summed E-state index contributed by atoms with van der Waals surface area (Å²) in [5.74, 6) is 2.92. The Morgan fingerprint density at radius 3 is 2.79 bits per heavy atom. The molecule has 0 saturated heterocycles. The van der Waals surface area contributed by atoms with Crippen LogP contribution in [0.5, 0.6) is 0 Å². The molecule has 4 heteroatoms. The van der Waals surface area contributed by atoms with E-state index in [1.807, 2.05) is 30.3 Å². The van der Waals surface area contributed by atoms with Crippen molar-refractivity contribution in [3.63, 3.8) is 0 Å². The van der Waals surface area contributed by atoms with Gasteiger partial charge in [0.2, 0.25) is 0 Å².